The third-order valence-corrected chi connectivity index (χ3v) is 10.1. The molecule has 0 radical (unpaired) electrons. The molecule has 2 bridgehead atoms. The molecule has 1 saturated heterocycles. The van der Waals surface area contributed by atoms with E-state index in [1.54, 1.807) is 12.1 Å². The van der Waals surface area contributed by atoms with Crippen LogP contribution in [0.5, 0.6) is 11.5 Å². The molecular weight excluding hydrogens is 464 g/mol. The highest BCUT2D eigenvalue weighted by atomic mass is 16.5. The summed E-state index contributed by atoms with van der Waals surface area (Å²) in [5, 5.41) is 23.7. The fourth-order valence-corrected chi connectivity index (χ4v) is 8.10. The number of nitrogens with zero attached hydrogens (tertiary/aromatic N) is 2. The number of fused-ring (bicyclic) bond motifs is 2. The highest BCUT2D eigenvalue weighted by Gasteiger charge is 2.72. The average molecular weight is 503 g/mol. The molecule has 2 fully saturated rings. The van der Waals surface area contributed by atoms with E-state index < -0.39 is 11.0 Å². The minimum Gasteiger partial charge on any atom is -0.504 e. The van der Waals surface area contributed by atoms with Crippen molar-refractivity contribution in [2.45, 2.75) is 87.9 Å². The lowest BCUT2D eigenvalue weighted by atomic mass is 9.49. The van der Waals surface area contributed by atoms with Crippen molar-refractivity contribution in [1.29, 1.82) is 0 Å². The molecule has 2 N–H and O–H groups in total. The van der Waals surface area contributed by atoms with Crippen LogP contribution in [0, 0.1) is 5.92 Å². The third-order valence-electron chi connectivity index (χ3n) is 10.1. The van der Waals surface area contributed by atoms with Crippen LogP contribution in [0.3, 0.4) is 0 Å². The monoisotopic (exact) mass is 502 g/mol. The van der Waals surface area contributed by atoms with Gasteiger partial charge >= 0.3 is 0 Å². The van der Waals surface area contributed by atoms with E-state index in [4.69, 9.17) is 4.74 Å². The Kier molecular flexibility index (Phi) is 5.22. The Morgan fingerprint density at radius 2 is 2.08 bits per heavy atom. The Labute approximate surface area is 218 Å². The van der Waals surface area contributed by atoms with Crippen molar-refractivity contribution < 1.29 is 19.7 Å². The number of phenols is 1. The smallest absolute Gasteiger partial charge is 0.166 e. The van der Waals surface area contributed by atoms with E-state index in [1.165, 1.54) is 18.4 Å². The van der Waals surface area contributed by atoms with Gasteiger partial charge in [-0.05, 0) is 80.0 Å². The summed E-state index contributed by atoms with van der Waals surface area (Å²) < 4.78 is 8.82. The normalized spacial score (nSPS) is 31.3. The van der Waals surface area contributed by atoms with Gasteiger partial charge in [-0.15, -0.1) is 0 Å². The van der Waals surface area contributed by atoms with Gasteiger partial charge < -0.3 is 19.5 Å². The molecule has 0 amide bonds. The number of aliphatic hydroxyl groups is 1. The Bertz CT molecular complexity index is 1310. The molecule has 2 aliphatic heterocycles. The summed E-state index contributed by atoms with van der Waals surface area (Å²) in [6.07, 6.45) is 11.7. The highest BCUT2D eigenvalue weighted by molar-refractivity contribution is 5.93. The molecule has 196 valence electrons. The first-order valence-corrected chi connectivity index (χ1v) is 14.2. The highest BCUT2D eigenvalue weighted by Crippen LogP contribution is 2.68. The van der Waals surface area contributed by atoms with E-state index in [-0.39, 0.29) is 23.7 Å². The number of aromatic nitrogens is 1. The first kappa shape index (κ1) is 23.5. The van der Waals surface area contributed by atoms with Crippen molar-refractivity contribution >= 4 is 11.9 Å². The van der Waals surface area contributed by atoms with Crippen LogP contribution >= 0.6 is 0 Å². The lowest BCUT2D eigenvalue weighted by Crippen LogP contribution is -2.74. The molecule has 1 aromatic carbocycles. The first-order chi connectivity index (χ1) is 17.9. The van der Waals surface area contributed by atoms with Crippen molar-refractivity contribution in [1.82, 2.24) is 9.47 Å². The van der Waals surface area contributed by atoms with Gasteiger partial charge in [0.25, 0.3) is 0 Å². The van der Waals surface area contributed by atoms with Gasteiger partial charge in [-0.2, -0.15) is 0 Å². The standard InChI is InChI=1S/C31H38N2O4/c1-3-4-5-6-23(34)11-10-22-15-21-17-31(36)25-16-20-9-12-24(35)28-26(20)30(31,29(37-28)27(21)32(22)2)13-14-33(25)18-19-7-8-19/h9-12,15,19,25,29,35-36H,3-8,13-14,16-18H2,1-2H3/b11-10+/t25-,29+,30-,31+/m0/s1. The van der Waals surface area contributed by atoms with Crippen molar-refractivity contribution in [3.05, 3.63) is 52.4 Å². The van der Waals surface area contributed by atoms with E-state index in [1.807, 2.05) is 19.2 Å². The Balaban J connectivity index is 1.32. The quantitative estimate of drug-likeness (QED) is 0.408. The number of unbranched alkanes of at least 4 members (excludes halogenated alkanes) is 2. The molecule has 5 aliphatic rings. The van der Waals surface area contributed by atoms with Crippen LogP contribution in [0.15, 0.2) is 24.3 Å². The molecule has 0 unspecified atom stereocenters. The van der Waals surface area contributed by atoms with Gasteiger partial charge in [0.1, 0.15) is 0 Å². The molecule has 1 spiro atoms. The fraction of sp³-hybridized carbons (Fsp3) is 0.581. The van der Waals surface area contributed by atoms with E-state index in [2.05, 4.69) is 22.5 Å². The lowest BCUT2D eigenvalue weighted by molar-refractivity contribution is -0.173. The van der Waals surface area contributed by atoms with Gasteiger partial charge in [0.2, 0.25) is 0 Å². The van der Waals surface area contributed by atoms with Crippen LogP contribution in [0.25, 0.3) is 6.08 Å². The minimum atomic E-state index is -0.970. The number of ketones is 1. The van der Waals surface area contributed by atoms with Gasteiger partial charge in [-0.3, -0.25) is 9.69 Å². The van der Waals surface area contributed by atoms with E-state index >= 15 is 0 Å². The Hall–Kier alpha value is -2.57. The largest absolute Gasteiger partial charge is 0.504 e. The molecule has 6 heteroatoms. The van der Waals surface area contributed by atoms with Crippen LogP contribution in [0.1, 0.15) is 86.1 Å². The number of benzene rings is 1. The molecule has 2 aromatic rings. The molecule has 3 aliphatic carbocycles. The summed E-state index contributed by atoms with van der Waals surface area (Å²) in [6.45, 7) is 4.15. The zero-order valence-corrected chi connectivity index (χ0v) is 22.0. The molecular formula is C31H38N2O4. The summed E-state index contributed by atoms with van der Waals surface area (Å²) in [4.78, 5) is 15.0. The maximum Gasteiger partial charge on any atom is 0.166 e. The summed E-state index contributed by atoms with van der Waals surface area (Å²) in [6, 6.07) is 5.98. The van der Waals surface area contributed by atoms with Crippen molar-refractivity contribution in [3.63, 3.8) is 0 Å². The van der Waals surface area contributed by atoms with Crippen LogP contribution in [0.4, 0.5) is 0 Å². The van der Waals surface area contributed by atoms with Crippen LogP contribution in [-0.2, 0) is 30.1 Å². The van der Waals surface area contributed by atoms with Crippen LogP contribution in [0.2, 0.25) is 0 Å². The van der Waals surface area contributed by atoms with E-state index in [9.17, 15) is 15.0 Å². The summed E-state index contributed by atoms with van der Waals surface area (Å²) in [5.41, 5.74) is 3.83. The van der Waals surface area contributed by atoms with Gasteiger partial charge in [0.15, 0.2) is 23.4 Å². The number of piperidine rings is 1. The number of hydrogen-bond donors (Lipinski definition) is 2. The SMILES string of the molecule is CCCCCC(=O)/C=C/c1cc2c(n1C)[C@H]1Oc3c(O)ccc4c3[C@@]13CCN(CC1CC1)[C@@H](C4)[C@]3(O)C2. The number of carbonyl (C=O) groups is 1. The topological polar surface area (TPSA) is 74.9 Å². The number of ether oxygens (including phenoxy) is 1. The summed E-state index contributed by atoms with van der Waals surface area (Å²) >= 11 is 0. The van der Waals surface area contributed by atoms with Crippen molar-refractivity contribution in [2.24, 2.45) is 13.0 Å². The van der Waals surface area contributed by atoms with E-state index in [0.29, 0.717) is 18.6 Å². The Morgan fingerprint density at radius 1 is 1.24 bits per heavy atom. The van der Waals surface area contributed by atoms with Gasteiger partial charge in [-0.1, -0.05) is 25.8 Å². The van der Waals surface area contributed by atoms with Gasteiger partial charge in [0.05, 0.1) is 16.7 Å². The fourth-order valence-electron chi connectivity index (χ4n) is 8.10. The lowest BCUT2D eigenvalue weighted by Gasteiger charge is -2.62. The zero-order valence-electron chi connectivity index (χ0n) is 22.0. The van der Waals surface area contributed by atoms with E-state index in [0.717, 1.165) is 73.6 Å². The molecule has 1 saturated carbocycles. The molecule has 4 atom stereocenters. The maximum absolute atomic E-state index is 12.8. The Morgan fingerprint density at radius 3 is 2.86 bits per heavy atom. The predicted molar refractivity (Wildman–Crippen MR) is 142 cm³/mol. The van der Waals surface area contributed by atoms with Gasteiger partial charge in [0, 0.05) is 43.7 Å². The second kappa shape index (κ2) is 8.21. The molecule has 3 heterocycles. The number of allylic oxidation sites excluding steroid dienone is 1. The number of likely N-dealkylation sites (tertiary alicyclic amines) is 1. The second-order valence-corrected chi connectivity index (χ2v) is 12.2. The third kappa shape index (κ3) is 3.21. The summed E-state index contributed by atoms with van der Waals surface area (Å²) in [5.74, 6) is 1.64. The van der Waals surface area contributed by atoms with Gasteiger partial charge in [-0.25, -0.2) is 0 Å². The molecule has 1 aromatic heterocycles. The molecule has 7 rings (SSSR count). The number of phenolic OH excluding ortho intramolecular Hbond substituents is 1. The predicted octanol–water partition coefficient (Wildman–Crippen LogP) is 4.59. The number of hydrogen-bond acceptors (Lipinski definition) is 5. The van der Waals surface area contributed by atoms with Crippen molar-refractivity contribution in [3.8, 4) is 11.5 Å². The van der Waals surface area contributed by atoms with Crippen molar-refractivity contribution in [2.75, 3.05) is 13.1 Å². The summed E-state index contributed by atoms with van der Waals surface area (Å²) in [7, 11) is 2.04. The molecule has 6 nitrogen and oxygen atoms in total. The second-order valence-electron chi connectivity index (χ2n) is 12.2. The number of aromatic hydroxyl groups is 1. The average Bonchev–Trinajstić information content (AvgIpc) is 3.54. The zero-order chi connectivity index (χ0) is 25.5. The maximum atomic E-state index is 12.8. The number of carbonyl (C=O) groups excluding carboxylic acids is 1. The van der Waals surface area contributed by atoms with Crippen LogP contribution < -0.4 is 4.74 Å². The van der Waals surface area contributed by atoms with Crippen LogP contribution in [-0.4, -0.2) is 50.2 Å². The first-order valence-electron chi connectivity index (χ1n) is 14.2. The minimum absolute atomic E-state index is 0.0310. The molecule has 37 heavy (non-hydrogen) atoms. The number of rotatable bonds is 8.